The van der Waals surface area contributed by atoms with Gasteiger partial charge in [0.2, 0.25) is 8.32 Å². The zero-order chi connectivity index (χ0) is 9.07. The first kappa shape index (κ1) is 10.8. The van der Waals surface area contributed by atoms with Gasteiger partial charge >= 0.3 is 0 Å². The molecular weight excluding hydrogens is 152 g/mol. The van der Waals surface area contributed by atoms with Crippen LogP contribution in [0.2, 0.25) is 19.6 Å². The fraction of sp³-hybridized carbons (Fsp3) is 0.778. The van der Waals surface area contributed by atoms with Gasteiger partial charge in [-0.15, -0.1) is 0 Å². The van der Waals surface area contributed by atoms with Crippen molar-refractivity contribution in [1.82, 2.24) is 0 Å². The van der Waals surface area contributed by atoms with Crippen molar-refractivity contribution in [1.29, 1.82) is 0 Å². The van der Waals surface area contributed by atoms with Crippen molar-refractivity contribution < 1.29 is 4.43 Å². The minimum absolute atomic E-state index is 0.589. The molecule has 0 fully saturated rings. The summed E-state index contributed by atoms with van der Waals surface area (Å²) in [4.78, 5) is 0. The lowest BCUT2D eigenvalue weighted by atomic mass is 10.2. The van der Waals surface area contributed by atoms with Crippen LogP contribution in [0, 0.1) is 5.92 Å². The van der Waals surface area contributed by atoms with Crippen molar-refractivity contribution in [2.45, 2.75) is 40.4 Å². The van der Waals surface area contributed by atoms with Gasteiger partial charge < -0.3 is 4.43 Å². The highest BCUT2D eigenvalue weighted by Crippen LogP contribution is 2.11. The first-order valence-electron chi connectivity index (χ1n) is 4.18. The monoisotopic (exact) mass is 172 g/mol. The fourth-order valence-corrected chi connectivity index (χ4v) is 2.02. The standard InChI is InChI=1S/C9H20OSi/c1-8(2)7-9(3)10-11(4,5)6/h7-8H,1-6H3/b9-7+. The molecule has 0 heterocycles. The third-order valence-corrected chi connectivity index (χ3v) is 1.97. The Morgan fingerprint density at radius 2 is 1.73 bits per heavy atom. The van der Waals surface area contributed by atoms with Crippen LogP contribution < -0.4 is 0 Å². The van der Waals surface area contributed by atoms with Crippen LogP contribution in [-0.4, -0.2) is 8.32 Å². The molecule has 0 saturated carbocycles. The number of allylic oxidation sites excluding steroid dienone is 2. The van der Waals surface area contributed by atoms with E-state index in [1.807, 2.05) is 6.92 Å². The first-order chi connectivity index (χ1) is 4.81. The normalized spacial score (nSPS) is 13.9. The van der Waals surface area contributed by atoms with Crippen LogP contribution in [0.1, 0.15) is 20.8 Å². The summed E-state index contributed by atoms with van der Waals surface area (Å²) >= 11 is 0. The lowest BCUT2D eigenvalue weighted by molar-refractivity contribution is 0.418. The van der Waals surface area contributed by atoms with Gasteiger partial charge in [-0.1, -0.05) is 13.8 Å². The molecule has 0 rings (SSSR count). The summed E-state index contributed by atoms with van der Waals surface area (Å²) in [6.45, 7) is 13.0. The van der Waals surface area contributed by atoms with Gasteiger partial charge in [-0.3, -0.25) is 0 Å². The second-order valence-corrected chi connectivity index (χ2v) is 8.66. The van der Waals surface area contributed by atoms with Crippen molar-refractivity contribution in [3.63, 3.8) is 0 Å². The average molecular weight is 172 g/mol. The molecule has 0 aromatic heterocycles. The van der Waals surface area contributed by atoms with E-state index in [4.69, 9.17) is 4.43 Å². The van der Waals surface area contributed by atoms with Gasteiger partial charge in [0.25, 0.3) is 0 Å². The summed E-state index contributed by atoms with van der Waals surface area (Å²) in [5, 5.41) is 0. The Morgan fingerprint density at radius 3 is 2.00 bits per heavy atom. The highest BCUT2D eigenvalue weighted by molar-refractivity contribution is 6.70. The number of rotatable bonds is 3. The largest absolute Gasteiger partial charge is 0.548 e. The van der Waals surface area contributed by atoms with E-state index in [1.54, 1.807) is 0 Å². The van der Waals surface area contributed by atoms with Crippen LogP contribution in [0.3, 0.4) is 0 Å². The molecule has 0 bridgehead atoms. The molecule has 0 atom stereocenters. The van der Waals surface area contributed by atoms with Gasteiger partial charge in [0, 0.05) is 0 Å². The van der Waals surface area contributed by atoms with E-state index in [2.05, 4.69) is 39.6 Å². The highest BCUT2D eigenvalue weighted by atomic mass is 28.4. The highest BCUT2D eigenvalue weighted by Gasteiger charge is 2.15. The molecule has 0 aliphatic carbocycles. The Balaban J connectivity index is 3.97. The van der Waals surface area contributed by atoms with Crippen molar-refractivity contribution in [2.24, 2.45) is 5.92 Å². The smallest absolute Gasteiger partial charge is 0.241 e. The summed E-state index contributed by atoms with van der Waals surface area (Å²) in [6.07, 6.45) is 2.16. The fourth-order valence-electron chi connectivity index (χ4n) is 0.986. The molecule has 0 saturated heterocycles. The predicted molar refractivity (Wildman–Crippen MR) is 53.0 cm³/mol. The van der Waals surface area contributed by atoms with Crippen molar-refractivity contribution in [3.8, 4) is 0 Å². The van der Waals surface area contributed by atoms with Gasteiger partial charge in [-0.05, 0) is 38.6 Å². The van der Waals surface area contributed by atoms with Crippen LogP contribution in [0.15, 0.2) is 11.8 Å². The first-order valence-corrected chi connectivity index (χ1v) is 7.59. The number of hydrogen-bond acceptors (Lipinski definition) is 1. The molecule has 0 aromatic rings. The zero-order valence-corrected chi connectivity index (χ0v) is 9.56. The Bertz CT molecular complexity index is 142. The molecule has 0 aliphatic heterocycles. The average Bonchev–Trinajstić information content (AvgIpc) is 1.53. The minimum atomic E-state index is -1.36. The van der Waals surface area contributed by atoms with E-state index in [-0.39, 0.29) is 0 Å². The number of hydrogen-bond donors (Lipinski definition) is 0. The van der Waals surface area contributed by atoms with E-state index in [0.717, 1.165) is 5.76 Å². The van der Waals surface area contributed by atoms with Crippen LogP contribution in [0.4, 0.5) is 0 Å². The lowest BCUT2D eigenvalue weighted by Gasteiger charge is -2.19. The summed E-state index contributed by atoms with van der Waals surface area (Å²) in [5.41, 5.74) is 0. The molecule has 66 valence electrons. The maximum absolute atomic E-state index is 5.75. The molecule has 11 heavy (non-hydrogen) atoms. The van der Waals surface area contributed by atoms with Gasteiger partial charge in [-0.2, -0.15) is 0 Å². The maximum Gasteiger partial charge on any atom is 0.241 e. The topological polar surface area (TPSA) is 9.23 Å². The molecule has 0 amide bonds. The van der Waals surface area contributed by atoms with Crippen LogP contribution >= 0.6 is 0 Å². The van der Waals surface area contributed by atoms with Crippen LogP contribution in [-0.2, 0) is 4.43 Å². The summed E-state index contributed by atoms with van der Waals surface area (Å²) < 4.78 is 5.75. The third-order valence-electron chi connectivity index (χ3n) is 1.04. The van der Waals surface area contributed by atoms with Crippen molar-refractivity contribution >= 4 is 8.32 Å². The molecule has 1 nitrogen and oxygen atoms in total. The third kappa shape index (κ3) is 7.66. The van der Waals surface area contributed by atoms with Gasteiger partial charge in [0.05, 0.1) is 5.76 Å². The maximum atomic E-state index is 5.75. The molecule has 0 aliphatic rings. The molecule has 0 radical (unpaired) electrons. The summed E-state index contributed by atoms with van der Waals surface area (Å²) in [6, 6.07) is 0. The molecule has 0 N–H and O–H groups in total. The van der Waals surface area contributed by atoms with Gasteiger partial charge in [0.15, 0.2) is 0 Å². The molecule has 0 unspecified atom stereocenters. The summed E-state index contributed by atoms with van der Waals surface area (Å²) in [5.74, 6) is 1.67. The molecular formula is C9H20OSi. The van der Waals surface area contributed by atoms with E-state index >= 15 is 0 Å². The van der Waals surface area contributed by atoms with E-state index < -0.39 is 8.32 Å². The van der Waals surface area contributed by atoms with Crippen LogP contribution in [0.25, 0.3) is 0 Å². The van der Waals surface area contributed by atoms with Crippen LogP contribution in [0.5, 0.6) is 0 Å². The second-order valence-electron chi connectivity index (χ2n) is 4.24. The minimum Gasteiger partial charge on any atom is -0.548 e. The van der Waals surface area contributed by atoms with E-state index in [9.17, 15) is 0 Å². The SMILES string of the molecule is C/C(=C\C(C)C)O[Si](C)(C)C. The molecule has 2 heteroatoms. The quantitative estimate of drug-likeness (QED) is 0.468. The summed E-state index contributed by atoms with van der Waals surface area (Å²) in [7, 11) is -1.36. The molecule has 0 aromatic carbocycles. The Labute approximate surface area is 71.6 Å². The lowest BCUT2D eigenvalue weighted by Crippen LogP contribution is -2.24. The Kier molecular flexibility index (Phi) is 3.87. The zero-order valence-electron chi connectivity index (χ0n) is 8.56. The predicted octanol–water partition coefficient (Wildman–Crippen LogP) is 3.40. The Morgan fingerprint density at radius 1 is 1.27 bits per heavy atom. The van der Waals surface area contributed by atoms with Gasteiger partial charge in [-0.25, -0.2) is 0 Å². The van der Waals surface area contributed by atoms with E-state index in [1.165, 1.54) is 0 Å². The Hall–Kier alpha value is -0.243. The second kappa shape index (κ2) is 3.95. The van der Waals surface area contributed by atoms with Crippen molar-refractivity contribution in [3.05, 3.63) is 11.8 Å². The molecule has 0 spiro atoms. The van der Waals surface area contributed by atoms with Gasteiger partial charge in [0.1, 0.15) is 0 Å². The van der Waals surface area contributed by atoms with Crippen molar-refractivity contribution in [2.75, 3.05) is 0 Å². The van der Waals surface area contributed by atoms with E-state index in [0.29, 0.717) is 5.92 Å².